The topological polar surface area (TPSA) is 34.1 Å². The second-order valence-electron chi connectivity index (χ2n) is 2.99. The molecule has 2 nitrogen and oxygen atoms in total. The standard InChI is InChI=1S/C8H11ClO2S/c1-6-3-4-7(5-8(6)9)12(2,10)11/h3-4,8H,5H2,1-2H3. The molecule has 0 aliphatic heterocycles. The average Bonchev–Trinajstić information content (AvgIpc) is 1.92. The van der Waals surface area contributed by atoms with Crippen LogP contribution >= 0.6 is 11.6 Å². The Bertz CT molecular complexity index is 338. The molecule has 0 fully saturated rings. The molecule has 0 aromatic rings. The van der Waals surface area contributed by atoms with Crippen molar-refractivity contribution in [1.29, 1.82) is 0 Å². The third-order valence-electron chi connectivity index (χ3n) is 1.88. The van der Waals surface area contributed by atoms with E-state index in [1.807, 2.05) is 6.92 Å². The highest BCUT2D eigenvalue weighted by Gasteiger charge is 2.19. The Morgan fingerprint density at radius 3 is 2.50 bits per heavy atom. The number of rotatable bonds is 1. The molecule has 12 heavy (non-hydrogen) atoms. The van der Waals surface area contributed by atoms with Crippen molar-refractivity contribution in [3.05, 3.63) is 22.6 Å². The molecule has 1 aliphatic carbocycles. The van der Waals surface area contributed by atoms with Crippen LogP contribution in [-0.4, -0.2) is 20.1 Å². The number of sulfone groups is 1. The van der Waals surface area contributed by atoms with Crippen LogP contribution in [0.4, 0.5) is 0 Å². The Morgan fingerprint density at radius 1 is 1.50 bits per heavy atom. The summed E-state index contributed by atoms with van der Waals surface area (Å²) < 4.78 is 22.2. The molecule has 0 saturated carbocycles. The smallest absolute Gasteiger partial charge is 0.171 e. The van der Waals surface area contributed by atoms with E-state index in [9.17, 15) is 8.42 Å². The third kappa shape index (κ3) is 2.11. The lowest BCUT2D eigenvalue weighted by Gasteiger charge is -2.15. The van der Waals surface area contributed by atoms with Gasteiger partial charge in [0.15, 0.2) is 9.84 Å². The van der Waals surface area contributed by atoms with Gasteiger partial charge in [0.1, 0.15) is 0 Å². The quantitative estimate of drug-likeness (QED) is 0.614. The van der Waals surface area contributed by atoms with E-state index >= 15 is 0 Å². The van der Waals surface area contributed by atoms with E-state index in [4.69, 9.17) is 11.6 Å². The SMILES string of the molecule is CC1=CC=C(S(C)(=O)=O)CC1Cl. The summed E-state index contributed by atoms with van der Waals surface area (Å²) in [5.41, 5.74) is 1.02. The van der Waals surface area contributed by atoms with E-state index in [1.165, 1.54) is 6.26 Å². The molecule has 1 atom stereocenters. The van der Waals surface area contributed by atoms with Crippen molar-refractivity contribution in [3.63, 3.8) is 0 Å². The molecule has 0 amide bonds. The Morgan fingerprint density at radius 2 is 2.08 bits per heavy atom. The van der Waals surface area contributed by atoms with Gasteiger partial charge in [-0.25, -0.2) is 8.42 Å². The summed E-state index contributed by atoms with van der Waals surface area (Å²) >= 11 is 5.89. The molecule has 0 bridgehead atoms. The molecule has 0 saturated heterocycles. The number of hydrogen-bond donors (Lipinski definition) is 0. The molecular weight excluding hydrogens is 196 g/mol. The molecule has 4 heteroatoms. The Balaban J connectivity index is 3.00. The van der Waals surface area contributed by atoms with Gasteiger partial charge in [-0.15, -0.1) is 11.6 Å². The van der Waals surface area contributed by atoms with Crippen LogP contribution in [0.15, 0.2) is 22.6 Å². The van der Waals surface area contributed by atoms with E-state index in [0.717, 1.165) is 5.57 Å². The zero-order valence-electron chi connectivity index (χ0n) is 7.04. The first kappa shape index (κ1) is 9.81. The van der Waals surface area contributed by atoms with Gasteiger partial charge in [-0.3, -0.25) is 0 Å². The Hall–Kier alpha value is -0.280. The third-order valence-corrected chi connectivity index (χ3v) is 3.64. The number of alkyl halides is 1. The molecule has 0 radical (unpaired) electrons. The number of hydrogen-bond acceptors (Lipinski definition) is 2. The molecule has 0 spiro atoms. The molecule has 0 heterocycles. The summed E-state index contributed by atoms with van der Waals surface area (Å²) in [4.78, 5) is 0.424. The minimum atomic E-state index is -3.05. The minimum Gasteiger partial charge on any atom is -0.224 e. The maximum atomic E-state index is 11.1. The lowest BCUT2D eigenvalue weighted by molar-refractivity contribution is 0.605. The largest absolute Gasteiger partial charge is 0.224 e. The van der Waals surface area contributed by atoms with Gasteiger partial charge < -0.3 is 0 Å². The van der Waals surface area contributed by atoms with Crippen LogP contribution in [0.3, 0.4) is 0 Å². The van der Waals surface area contributed by atoms with Crippen LogP contribution in [0.5, 0.6) is 0 Å². The minimum absolute atomic E-state index is 0.167. The Labute approximate surface area is 77.8 Å². The van der Waals surface area contributed by atoms with E-state index in [0.29, 0.717) is 11.3 Å². The van der Waals surface area contributed by atoms with Crippen LogP contribution in [0.2, 0.25) is 0 Å². The molecule has 1 rings (SSSR count). The van der Waals surface area contributed by atoms with Gasteiger partial charge >= 0.3 is 0 Å². The lowest BCUT2D eigenvalue weighted by Crippen LogP contribution is -2.11. The maximum absolute atomic E-state index is 11.1. The van der Waals surface area contributed by atoms with Gasteiger partial charge in [0.25, 0.3) is 0 Å². The monoisotopic (exact) mass is 206 g/mol. The van der Waals surface area contributed by atoms with Crippen LogP contribution < -0.4 is 0 Å². The van der Waals surface area contributed by atoms with Crippen molar-refractivity contribution in [2.24, 2.45) is 0 Å². The highest BCUT2D eigenvalue weighted by atomic mass is 35.5. The fourth-order valence-corrected chi connectivity index (χ4v) is 2.12. The highest BCUT2D eigenvalue weighted by Crippen LogP contribution is 2.25. The van der Waals surface area contributed by atoms with E-state index in [2.05, 4.69) is 0 Å². The first-order valence-electron chi connectivity index (χ1n) is 3.63. The van der Waals surface area contributed by atoms with Crippen molar-refractivity contribution in [2.75, 3.05) is 6.26 Å². The lowest BCUT2D eigenvalue weighted by atomic mass is 10.1. The van der Waals surface area contributed by atoms with Crippen LogP contribution in [0.1, 0.15) is 13.3 Å². The predicted molar refractivity (Wildman–Crippen MR) is 50.9 cm³/mol. The fourth-order valence-electron chi connectivity index (χ4n) is 1.01. The van der Waals surface area contributed by atoms with Gasteiger partial charge in [-0.2, -0.15) is 0 Å². The first-order valence-corrected chi connectivity index (χ1v) is 5.95. The summed E-state index contributed by atoms with van der Waals surface area (Å²) in [6, 6.07) is 0. The van der Waals surface area contributed by atoms with Crippen LogP contribution in [-0.2, 0) is 9.84 Å². The van der Waals surface area contributed by atoms with Crippen molar-refractivity contribution in [2.45, 2.75) is 18.7 Å². The van der Waals surface area contributed by atoms with Crippen molar-refractivity contribution in [3.8, 4) is 0 Å². The Kier molecular flexibility index (Phi) is 2.64. The zero-order chi connectivity index (χ0) is 9.35. The van der Waals surface area contributed by atoms with Crippen molar-refractivity contribution in [1.82, 2.24) is 0 Å². The van der Waals surface area contributed by atoms with Crippen molar-refractivity contribution >= 4 is 21.4 Å². The first-order chi connectivity index (χ1) is 5.41. The molecule has 0 aromatic heterocycles. The predicted octanol–water partition coefficient (Wildman–Crippen LogP) is 1.87. The van der Waals surface area contributed by atoms with Crippen LogP contribution in [0.25, 0.3) is 0 Å². The highest BCUT2D eigenvalue weighted by molar-refractivity contribution is 7.94. The van der Waals surface area contributed by atoms with Crippen molar-refractivity contribution < 1.29 is 8.42 Å². The zero-order valence-corrected chi connectivity index (χ0v) is 8.61. The molecule has 1 aliphatic rings. The molecule has 68 valence electrons. The molecular formula is C8H11ClO2S. The van der Waals surface area contributed by atoms with Crippen LogP contribution in [0, 0.1) is 0 Å². The molecule has 0 aromatic carbocycles. The molecule has 1 unspecified atom stereocenters. The summed E-state index contributed by atoms with van der Waals surface area (Å²) in [6.45, 7) is 1.90. The summed E-state index contributed by atoms with van der Waals surface area (Å²) in [7, 11) is -3.05. The normalized spacial score (nSPS) is 24.8. The fraction of sp³-hybridized carbons (Fsp3) is 0.500. The second kappa shape index (κ2) is 3.23. The molecule has 0 N–H and O–H groups in total. The van der Waals surface area contributed by atoms with E-state index in [1.54, 1.807) is 12.2 Å². The average molecular weight is 207 g/mol. The van der Waals surface area contributed by atoms with Gasteiger partial charge in [-0.1, -0.05) is 11.6 Å². The number of halogens is 1. The van der Waals surface area contributed by atoms with E-state index < -0.39 is 9.84 Å². The second-order valence-corrected chi connectivity index (χ2v) is 5.58. The van der Waals surface area contributed by atoms with Gasteiger partial charge in [-0.05, 0) is 13.0 Å². The summed E-state index contributed by atoms with van der Waals surface area (Å²) in [5.74, 6) is 0. The van der Waals surface area contributed by atoms with Gasteiger partial charge in [0.05, 0.1) is 5.38 Å². The summed E-state index contributed by atoms with van der Waals surface area (Å²) in [6.07, 6.45) is 5.01. The van der Waals surface area contributed by atoms with Gasteiger partial charge in [0, 0.05) is 17.6 Å². The maximum Gasteiger partial charge on any atom is 0.171 e. The van der Waals surface area contributed by atoms with E-state index in [-0.39, 0.29) is 5.38 Å². The number of allylic oxidation sites excluding steroid dienone is 4. The summed E-state index contributed by atoms with van der Waals surface area (Å²) in [5, 5.41) is -0.167. The van der Waals surface area contributed by atoms with Gasteiger partial charge in [0.2, 0.25) is 0 Å².